The van der Waals surface area contributed by atoms with Crippen LogP contribution in [0.3, 0.4) is 0 Å². The van der Waals surface area contributed by atoms with Crippen LogP contribution in [0.5, 0.6) is 0 Å². The minimum absolute atomic E-state index is 1.07. The Hall–Kier alpha value is 1.46. The van der Waals surface area contributed by atoms with Crippen LogP contribution in [-0.2, 0) is 0 Å². The number of hydrogen-bond acceptors (Lipinski definition) is 0. The van der Waals surface area contributed by atoms with Crippen LogP contribution in [0.1, 0.15) is 38.5 Å². The fourth-order valence-corrected chi connectivity index (χ4v) is 3.92. The van der Waals surface area contributed by atoms with Crippen LogP contribution in [0.25, 0.3) is 0 Å². The van der Waals surface area contributed by atoms with E-state index in [-0.39, 0.29) is 0 Å². The average Bonchev–Trinajstić information content (AvgIpc) is 2.09. The Kier molecular flexibility index (Phi) is 6.58. The molecule has 1 saturated carbocycles. The fourth-order valence-electron chi connectivity index (χ4n) is 2.32. The monoisotopic (exact) mass is 392 g/mol. The van der Waals surface area contributed by atoms with E-state index in [9.17, 15) is 0 Å². The van der Waals surface area contributed by atoms with Crippen LogP contribution in [0.4, 0.5) is 0 Å². The number of hydrogen-bond donors (Lipinski definition) is 0. The van der Waals surface area contributed by atoms with Gasteiger partial charge in [0.05, 0.1) is 0 Å². The Morgan fingerprint density at radius 1 is 0.833 bits per heavy atom. The molecular weight excluding hydrogens is 374 g/mol. The summed E-state index contributed by atoms with van der Waals surface area (Å²) < 4.78 is 2.72. The van der Waals surface area contributed by atoms with Gasteiger partial charge in [-0.3, -0.25) is 0 Å². The van der Waals surface area contributed by atoms with Crippen molar-refractivity contribution in [3.63, 3.8) is 0 Å². The summed E-state index contributed by atoms with van der Waals surface area (Å²) in [6.45, 7) is 0. The molecule has 2 heteroatoms. The lowest BCUT2D eigenvalue weighted by molar-refractivity contribution is 0.229. The molecule has 0 radical (unpaired) electrons. The van der Waals surface area contributed by atoms with Crippen molar-refractivity contribution in [3.05, 3.63) is 0 Å². The molecule has 0 N–H and O–H groups in total. The van der Waals surface area contributed by atoms with E-state index in [1.54, 1.807) is 0 Å². The second-order valence-electron chi connectivity index (χ2n) is 3.76. The molecule has 0 heterocycles. The Labute approximate surface area is 104 Å². The normalized spacial score (nSPS) is 30.5. The lowest BCUT2D eigenvalue weighted by Gasteiger charge is -2.30. The molecule has 2 atom stereocenters. The van der Waals surface area contributed by atoms with Gasteiger partial charge in [0.1, 0.15) is 0 Å². The lowest BCUT2D eigenvalue weighted by atomic mass is 9.77. The molecule has 0 amide bonds. The average molecular weight is 392 g/mol. The third kappa shape index (κ3) is 3.68. The predicted octanol–water partition coefficient (Wildman–Crippen LogP) is 4.44. The summed E-state index contributed by atoms with van der Waals surface area (Å²) in [7, 11) is 0. The molecule has 0 aromatic heterocycles. The zero-order valence-electron chi connectivity index (χ0n) is 7.57. The molecule has 1 rings (SSSR count). The summed E-state index contributed by atoms with van der Waals surface area (Å²) in [6, 6.07) is 0. The number of halogens is 2. The second-order valence-corrected chi connectivity index (χ2v) is 5.92. The van der Waals surface area contributed by atoms with Gasteiger partial charge in [0, 0.05) is 0 Å². The lowest BCUT2D eigenvalue weighted by Crippen LogP contribution is -2.20. The van der Waals surface area contributed by atoms with Crippen molar-refractivity contribution in [3.8, 4) is 0 Å². The Balaban J connectivity index is 2.31. The van der Waals surface area contributed by atoms with E-state index >= 15 is 0 Å². The van der Waals surface area contributed by atoms with Gasteiger partial charge in [0.25, 0.3) is 0 Å². The molecule has 0 spiro atoms. The summed E-state index contributed by atoms with van der Waals surface area (Å²) in [6.07, 6.45) is 8.98. The molecule has 0 aromatic carbocycles. The second kappa shape index (κ2) is 6.85. The highest BCUT2D eigenvalue weighted by atomic mass is 127. The molecule has 1 aliphatic carbocycles. The quantitative estimate of drug-likeness (QED) is 0.490. The van der Waals surface area contributed by atoms with Gasteiger partial charge < -0.3 is 0 Å². The highest BCUT2D eigenvalue weighted by molar-refractivity contribution is 14.1. The van der Waals surface area contributed by atoms with Crippen molar-refractivity contribution in [2.45, 2.75) is 38.5 Å². The zero-order valence-corrected chi connectivity index (χ0v) is 11.9. The van der Waals surface area contributed by atoms with E-state index in [2.05, 4.69) is 45.2 Å². The van der Waals surface area contributed by atoms with Crippen LogP contribution in [0.2, 0.25) is 0 Å². The third-order valence-corrected chi connectivity index (χ3v) is 4.27. The van der Waals surface area contributed by atoms with Crippen molar-refractivity contribution in [2.24, 2.45) is 11.8 Å². The van der Waals surface area contributed by atoms with Crippen molar-refractivity contribution < 1.29 is 0 Å². The molecule has 0 nitrogen and oxygen atoms in total. The van der Waals surface area contributed by atoms with Crippen LogP contribution in [-0.4, -0.2) is 8.86 Å². The highest BCUT2D eigenvalue weighted by Gasteiger charge is 2.23. The standard InChI is InChI=1S/C10H18I2/c11-7-5-9-3-1-2-4-10(9)6-8-12/h9-10H,1-8H2/t9-,10+. The van der Waals surface area contributed by atoms with E-state index in [4.69, 9.17) is 0 Å². The van der Waals surface area contributed by atoms with Crippen LogP contribution in [0.15, 0.2) is 0 Å². The molecule has 12 heavy (non-hydrogen) atoms. The molecule has 0 saturated heterocycles. The van der Waals surface area contributed by atoms with Crippen LogP contribution < -0.4 is 0 Å². The van der Waals surface area contributed by atoms with Gasteiger partial charge in [-0.2, -0.15) is 0 Å². The Morgan fingerprint density at radius 3 is 1.58 bits per heavy atom. The van der Waals surface area contributed by atoms with Gasteiger partial charge in [-0.25, -0.2) is 0 Å². The van der Waals surface area contributed by atoms with Gasteiger partial charge in [-0.15, -0.1) is 0 Å². The molecular formula is C10H18I2. The zero-order chi connectivity index (χ0) is 8.81. The van der Waals surface area contributed by atoms with Crippen LogP contribution in [0, 0.1) is 11.8 Å². The maximum absolute atomic E-state index is 2.53. The topological polar surface area (TPSA) is 0 Å². The van der Waals surface area contributed by atoms with Crippen molar-refractivity contribution >= 4 is 45.2 Å². The summed E-state index contributed by atoms with van der Waals surface area (Å²) in [5.74, 6) is 2.15. The summed E-state index contributed by atoms with van der Waals surface area (Å²) >= 11 is 5.05. The summed E-state index contributed by atoms with van der Waals surface area (Å²) in [4.78, 5) is 0. The molecule has 72 valence electrons. The Bertz CT molecular complexity index is 96.4. The van der Waals surface area contributed by atoms with Gasteiger partial charge >= 0.3 is 0 Å². The molecule has 0 bridgehead atoms. The predicted molar refractivity (Wildman–Crippen MR) is 72.5 cm³/mol. The van der Waals surface area contributed by atoms with E-state index in [0.717, 1.165) is 11.8 Å². The maximum Gasteiger partial charge on any atom is -0.000199 e. The van der Waals surface area contributed by atoms with Gasteiger partial charge in [-0.05, 0) is 33.5 Å². The molecule has 1 aliphatic rings. The van der Waals surface area contributed by atoms with Gasteiger partial charge in [0.15, 0.2) is 0 Å². The molecule has 1 fully saturated rings. The first kappa shape index (κ1) is 11.5. The number of alkyl halides is 2. The minimum atomic E-state index is 1.07. The first-order valence-corrected chi connectivity index (χ1v) is 8.05. The van der Waals surface area contributed by atoms with Crippen molar-refractivity contribution in [2.75, 3.05) is 8.86 Å². The smallest absolute Gasteiger partial charge is 0.000199 e. The van der Waals surface area contributed by atoms with Gasteiger partial charge in [0.2, 0.25) is 0 Å². The molecule has 0 unspecified atom stereocenters. The van der Waals surface area contributed by atoms with E-state index in [1.165, 1.54) is 47.4 Å². The number of rotatable bonds is 4. The van der Waals surface area contributed by atoms with Crippen molar-refractivity contribution in [1.29, 1.82) is 0 Å². The van der Waals surface area contributed by atoms with E-state index in [1.807, 2.05) is 0 Å². The van der Waals surface area contributed by atoms with Gasteiger partial charge in [-0.1, -0.05) is 70.9 Å². The molecule has 0 aliphatic heterocycles. The van der Waals surface area contributed by atoms with Crippen molar-refractivity contribution in [1.82, 2.24) is 0 Å². The first-order valence-electron chi connectivity index (χ1n) is 5.00. The maximum atomic E-state index is 2.53. The fraction of sp³-hybridized carbons (Fsp3) is 1.00. The third-order valence-electron chi connectivity index (χ3n) is 3.03. The van der Waals surface area contributed by atoms with Crippen LogP contribution >= 0.6 is 45.2 Å². The summed E-state index contributed by atoms with van der Waals surface area (Å²) in [5.41, 5.74) is 0. The SMILES string of the molecule is ICC[C@@H]1CCCC[C@@H]1CCI. The van der Waals surface area contributed by atoms with E-state index < -0.39 is 0 Å². The Morgan fingerprint density at radius 2 is 1.25 bits per heavy atom. The highest BCUT2D eigenvalue weighted by Crippen LogP contribution is 2.35. The molecule has 0 aromatic rings. The first-order chi connectivity index (χ1) is 5.88. The summed E-state index contributed by atoms with van der Waals surface area (Å²) in [5, 5.41) is 0. The van der Waals surface area contributed by atoms with E-state index in [0.29, 0.717) is 0 Å². The largest absolute Gasteiger partial charge is 0.0864 e. The minimum Gasteiger partial charge on any atom is -0.0864 e.